The summed E-state index contributed by atoms with van der Waals surface area (Å²) in [5, 5.41) is 1.22. The van der Waals surface area contributed by atoms with Crippen molar-refractivity contribution in [3.05, 3.63) is 12.2 Å². The van der Waals surface area contributed by atoms with Gasteiger partial charge in [0.2, 0.25) is 0 Å². The maximum atomic E-state index is 5.24. The first-order valence-corrected chi connectivity index (χ1v) is 5.22. The van der Waals surface area contributed by atoms with Crippen molar-refractivity contribution < 1.29 is 9.47 Å². The standard InChI is InChI=1S/C10H19O2.Li/c1-3-5-6-7-9-12-10-11-8-4-2;/h5-6H,1,3-4,7-10H2,2H3;/b6-5+;. The Labute approximate surface area is 90.9 Å². The van der Waals surface area contributed by atoms with Gasteiger partial charge in [0.1, 0.15) is 0 Å². The van der Waals surface area contributed by atoms with Crippen LogP contribution < -0.4 is 0 Å². The van der Waals surface area contributed by atoms with Crippen molar-refractivity contribution >= 4 is 17.7 Å². The molecule has 0 unspecified atom stereocenters. The van der Waals surface area contributed by atoms with Gasteiger partial charge in [-0.1, -0.05) is 0 Å². The second-order valence-electron chi connectivity index (χ2n) is 2.98. The normalized spacial score (nSPS) is 11.3. The minimum atomic E-state index is 0.440. The summed E-state index contributed by atoms with van der Waals surface area (Å²) in [6.07, 6.45) is 7.60. The van der Waals surface area contributed by atoms with Gasteiger partial charge >= 0.3 is 90.6 Å². The minimum absolute atomic E-state index is 0.440. The molecule has 2 nitrogen and oxygen atoms in total. The van der Waals surface area contributed by atoms with Crippen molar-refractivity contribution in [2.75, 3.05) is 20.0 Å². The molecule has 0 aliphatic heterocycles. The molecule has 3 heteroatoms. The molecule has 0 amide bonds. The summed E-state index contributed by atoms with van der Waals surface area (Å²) in [5.74, 6) is 0. The van der Waals surface area contributed by atoms with Crippen LogP contribution in [0.4, 0.5) is 0 Å². The van der Waals surface area contributed by atoms with Crippen LogP contribution in [0, 0.1) is 0 Å². The average Bonchev–Trinajstić information content (AvgIpc) is 2.16. The van der Waals surface area contributed by atoms with Gasteiger partial charge in [-0.25, -0.2) is 0 Å². The molecule has 0 fully saturated rings. The Morgan fingerprint density at radius 3 is 2.46 bits per heavy atom. The fourth-order valence-corrected chi connectivity index (χ4v) is 0.875. The van der Waals surface area contributed by atoms with E-state index in [1.807, 2.05) is 0 Å². The van der Waals surface area contributed by atoms with E-state index in [-0.39, 0.29) is 0 Å². The second kappa shape index (κ2) is 12.3. The van der Waals surface area contributed by atoms with Gasteiger partial charge in [0, 0.05) is 0 Å². The van der Waals surface area contributed by atoms with E-state index in [0.717, 1.165) is 26.1 Å². The quantitative estimate of drug-likeness (QED) is 0.233. The van der Waals surface area contributed by atoms with E-state index in [9.17, 15) is 0 Å². The molecule has 0 radical (unpaired) electrons. The van der Waals surface area contributed by atoms with Crippen LogP contribution in [0.5, 0.6) is 0 Å². The number of allylic oxidation sites excluding steroid dienone is 1. The van der Waals surface area contributed by atoms with Gasteiger partial charge in [0.15, 0.2) is 0 Å². The fourth-order valence-electron chi connectivity index (χ4n) is 0.875. The Morgan fingerprint density at radius 1 is 1.08 bits per heavy atom. The van der Waals surface area contributed by atoms with E-state index < -0.39 is 0 Å². The zero-order chi connectivity index (χ0) is 9.78. The van der Waals surface area contributed by atoms with Crippen molar-refractivity contribution in [3.63, 3.8) is 0 Å². The predicted molar refractivity (Wildman–Crippen MR) is 56.0 cm³/mol. The van der Waals surface area contributed by atoms with Crippen LogP contribution in [-0.2, 0) is 9.47 Å². The Balaban J connectivity index is 2.91. The monoisotopic (exact) mass is 178 g/mol. The first-order chi connectivity index (χ1) is 6.41. The topological polar surface area (TPSA) is 18.5 Å². The molecule has 72 valence electrons. The SMILES string of the molecule is [Li][CH2]C/C=C/CCOCOCCC. The molecule has 0 aromatic rings. The fraction of sp³-hybridized carbons (Fsp3) is 0.800. The van der Waals surface area contributed by atoms with Crippen LogP contribution in [0.15, 0.2) is 12.2 Å². The molecular formula is C10H19LiO2. The van der Waals surface area contributed by atoms with Gasteiger partial charge < -0.3 is 0 Å². The molecule has 0 rings (SSSR count). The maximum absolute atomic E-state index is 5.24. The summed E-state index contributed by atoms with van der Waals surface area (Å²) in [7, 11) is 0. The summed E-state index contributed by atoms with van der Waals surface area (Å²) < 4.78 is 10.4. The van der Waals surface area contributed by atoms with Crippen LogP contribution in [-0.4, -0.2) is 37.7 Å². The van der Waals surface area contributed by atoms with Gasteiger partial charge in [0.05, 0.1) is 0 Å². The third-order valence-corrected chi connectivity index (χ3v) is 1.57. The molecule has 0 spiro atoms. The Morgan fingerprint density at radius 2 is 1.77 bits per heavy atom. The molecule has 0 atom stereocenters. The van der Waals surface area contributed by atoms with Crippen molar-refractivity contribution in [2.24, 2.45) is 0 Å². The van der Waals surface area contributed by atoms with Crippen molar-refractivity contribution in [3.8, 4) is 0 Å². The molecule has 0 saturated carbocycles. The van der Waals surface area contributed by atoms with Gasteiger partial charge in [-0.15, -0.1) is 0 Å². The predicted octanol–water partition coefficient (Wildman–Crippen LogP) is 2.31. The molecule has 0 aliphatic carbocycles. The zero-order valence-electron chi connectivity index (χ0n) is 8.92. The molecule has 0 N–H and O–H groups in total. The molecule has 0 saturated heterocycles. The van der Waals surface area contributed by atoms with E-state index in [0.29, 0.717) is 6.79 Å². The Hall–Kier alpha value is 0.257. The first-order valence-electron chi connectivity index (χ1n) is 5.22. The van der Waals surface area contributed by atoms with Crippen LogP contribution in [0.3, 0.4) is 0 Å². The molecule has 0 aromatic carbocycles. The van der Waals surface area contributed by atoms with Gasteiger partial charge in [0.25, 0.3) is 0 Å². The zero-order valence-corrected chi connectivity index (χ0v) is 8.92. The Bertz CT molecular complexity index is 115. The van der Waals surface area contributed by atoms with E-state index in [1.54, 1.807) is 0 Å². The number of hydrogen-bond donors (Lipinski definition) is 0. The number of rotatable bonds is 9. The summed E-state index contributed by atoms with van der Waals surface area (Å²) >= 11 is 2.18. The third kappa shape index (κ3) is 12.3. The third-order valence-electron chi connectivity index (χ3n) is 1.57. The van der Waals surface area contributed by atoms with E-state index >= 15 is 0 Å². The van der Waals surface area contributed by atoms with Gasteiger partial charge in [-0.05, 0) is 0 Å². The molecule has 0 aromatic heterocycles. The van der Waals surface area contributed by atoms with Crippen LogP contribution in [0.25, 0.3) is 0 Å². The van der Waals surface area contributed by atoms with Crippen LogP contribution in [0.1, 0.15) is 26.2 Å². The first kappa shape index (κ1) is 13.3. The Kier molecular flexibility index (Phi) is 12.5. The molecular weight excluding hydrogens is 159 g/mol. The van der Waals surface area contributed by atoms with Crippen molar-refractivity contribution in [1.29, 1.82) is 0 Å². The van der Waals surface area contributed by atoms with E-state index in [2.05, 4.69) is 36.8 Å². The summed E-state index contributed by atoms with van der Waals surface area (Å²) in [4.78, 5) is 0. The van der Waals surface area contributed by atoms with Gasteiger partial charge in [-0.3, -0.25) is 0 Å². The molecule has 0 aliphatic rings. The summed E-state index contributed by atoms with van der Waals surface area (Å²) in [5.41, 5.74) is 0. The summed E-state index contributed by atoms with van der Waals surface area (Å²) in [6, 6.07) is 0. The van der Waals surface area contributed by atoms with Crippen LogP contribution in [0.2, 0.25) is 5.09 Å². The van der Waals surface area contributed by atoms with Crippen LogP contribution >= 0.6 is 0 Å². The number of hydrogen-bond acceptors (Lipinski definition) is 2. The van der Waals surface area contributed by atoms with E-state index in [4.69, 9.17) is 9.47 Å². The average molecular weight is 178 g/mol. The molecule has 0 bridgehead atoms. The van der Waals surface area contributed by atoms with Crippen molar-refractivity contribution in [1.82, 2.24) is 0 Å². The molecule has 13 heavy (non-hydrogen) atoms. The second-order valence-corrected chi connectivity index (χ2v) is 2.98. The van der Waals surface area contributed by atoms with Crippen molar-refractivity contribution in [2.45, 2.75) is 31.3 Å². The number of ether oxygens (including phenoxy) is 2. The van der Waals surface area contributed by atoms with Gasteiger partial charge in [-0.2, -0.15) is 0 Å². The summed E-state index contributed by atoms with van der Waals surface area (Å²) in [6.45, 7) is 4.10. The molecule has 0 heterocycles. The van der Waals surface area contributed by atoms with E-state index in [1.165, 1.54) is 11.5 Å².